The van der Waals surface area contributed by atoms with Crippen LogP contribution in [0.1, 0.15) is 18.5 Å². The quantitative estimate of drug-likeness (QED) is 0.632. The Kier molecular flexibility index (Phi) is 5.46. The lowest BCUT2D eigenvalue weighted by Gasteiger charge is -2.27. The summed E-state index contributed by atoms with van der Waals surface area (Å²) in [5.41, 5.74) is 1.09. The van der Waals surface area contributed by atoms with E-state index >= 15 is 0 Å². The summed E-state index contributed by atoms with van der Waals surface area (Å²) in [5, 5.41) is 14.2. The van der Waals surface area contributed by atoms with Crippen LogP contribution >= 0.6 is 0 Å². The second-order valence-corrected chi connectivity index (χ2v) is 4.98. The summed E-state index contributed by atoms with van der Waals surface area (Å²) < 4.78 is 5.31. The van der Waals surface area contributed by atoms with Crippen LogP contribution in [0.4, 0.5) is 5.69 Å². The predicted molar refractivity (Wildman–Crippen MR) is 76.8 cm³/mol. The second-order valence-electron chi connectivity index (χ2n) is 4.98. The van der Waals surface area contributed by atoms with Crippen molar-refractivity contribution in [1.82, 2.24) is 10.2 Å². The molecule has 0 saturated carbocycles. The minimum atomic E-state index is -0.357. The minimum absolute atomic E-state index is 0.107. The van der Waals surface area contributed by atoms with Crippen LogP contribution in [0.15, 0.2) is 24.3 Å². The number of benzene rings is 1. The Morgan fingerprint density at radius 1 is 1.45 bits per heavy atom. The van der Waals surface area contributed by atoms with Crippen LogP contribution in [0.3, 0.4) is 0 Å². The van der Waals surface area contributed by atoms with Gasteiger partial charge >= 0.3 is 0 Å². The van der Waals surface area contributed by atoms with E-state index in [4.69, 9.17) is 4.74 Å². The van der Waals surface area contributed by atoms with Crippen LogP contribution in [0.25, 0.3) is 0 Å². The van der Waals surface area contributed by atoms with E-state index in [-0.39, 0.29) is 16.7 Å². The normalized spacial score (nSPS) is 17.9. The molecule has 0 amide bonds. The van der Waals surface area contributed by atoms with Crippen molar-refractivity contribution in [3.05, 3.63) is 39.9 Å². The molecule has 1 aliphatic heterocycles. The molecule has 0 spiro atoms. The van der Waals surface area contributed by atoms with Gasteiger partial charge in [0.25, 0.3) is 5.69 Å². The summed E-state index contributed by atoms with van der Waals surface area (Å²) >= 11 is 0. The van der Waals surface area contributed by atoms with Crippen molar-refractivity contribution >= 4 is 5.69 Å². The standard InChI is InChI=1S/C14H21N3O3/c1-12(13-3-2-4-14(11-13)17(18)19)15-5-6-16-7-9-20-10-8-16/h2-4,11-12,15H,5-10H2,1H3. The van der Waals surface area contributed by atoms with E-state index in [0.29, 0.717) is 0 Å². The van der Waals surface area contributed by atoms with Gasteiger partial charge in [-0.15, -0.1) is 0 Å². The Labute approximate surface area is 118 Å². The third-order valence-electron chi connectivity index (χ3n) is 3.56. The molecule has 0 bridgehead atoms. The van der Waals surface area contributed by atoms with Gasteiger partial charge in [0.15, 0.2) is 0 Å². The summed E-state index contributed by atoms with van der Waals surface area (Å²) in [6, 6.07) is 6.90. The number of nitrogens with zero attached hydrogens (tertiary/aromatic N) is 2. The molecule has 1 aliphatic rings. The molecule has 20 heavy (non-hydrogen) atoms. The second kappa shape index (κ2) is 7.33. The third kappa shape index (κ3) is 4.26. The smallest absolute Gasteiger partial charge is 0.269 e. The zero-order chi connectivity index (χ0) is 14.4. The molecule has 110 valence electrons. The molecule has 1 saturated heterocycles. The molecule has 2 rings (SSSR count). The lowest BCUT2D eigenvalue weighted by molar-refractivity contribution is -0.384. The van der Waals surface area contributed by atoms with Gasteiger partial charge in [0, 0.05) is 44.4 Å². The fraction of sp³-hybridized carbons (Fsp3) is 0.571. The van der Waals surface area contributed by atoms with Gasteiger partial charge in [0.05, 0.1) is 18.1 Å². The fourth-order valence-electron chi connectivity index (χ4n) is 2.29. The molecule has 0 aromatic heterocycles. The first-order valence-corrected chi connectivity index (χ1v) is 6.94. The summed E-state index contributed by atoms with van der Waals surface area (Å²) in [6.07, 6.45) is 0. The van der Waals surface area contributed by atoms with Gasteiger partial charge in [-0.25, -0.2) is 0 Å². The Balaban J connectivity index is 1.80. The van der Waals surface area contributed by atoms with Gasteiger partial charge < -0.3 is 10.1 Å². The number of morpholine rings is 1. The molecule has 1 fully saturated rings. The lowest BCUT2D eigenvalue weighted by atomic mass is 10.1. The maximum atomic E-state index is 10.8. The van der Waals surface area contributed by atoms with Crippen molar-refractivity contribution in [1.29, 1.82) is 0 Å². The monoisotopic (exact) mass is 279 g/mol. The molecule has 1 aromatic rings. The van der Waals surface area contributed by atoms with Gasteiger partial charge in [-0.05, 0) is 12.5 Å². The van der Waals surface area contributed by atoms with E-state index in [0.717, 1.165) is 45.0 Å². The average Bonchev–Trinajstić information content (AvgIpc) is 2.48. The maximum Gasteiger partial charge on any atom is 0.269 e. The Morgan fingerprint density at radius 3 is 2.90 bits per heavy atom. The topological polar surface area (TPSA) is 67.6 Å². The van der Waals surface area contributed by atoms with Gasteiger partial charge in [-0.3, -0.25) is 15.0 Å². The van der Waals surface area contributed by atoms with Crippen LogP contribution in [0, 0.1) is 10.1 Å². The number of rotatable bonds is 6. The molecule has 6 heteroatoms. The summed E-state index contributed by atoms with van der Waals surface area (Å²) in [7, 11) is 0. The molecule has 1 aromatic carbocycles. The molecule has 0 aliphatic carbocycles. The number of nitro groups is 1. The van der Waals surface area contributed by atoms with E-state index in [9.17, 15) is 10.1 Å². The minimum Gasteiger partial charge on any atom is -0.379 e. The molecule has 6 nitrogen and oxygen atoms in total. The summed E-state index contributed by atoms with van der Waals surface area (Å²) in [4.78, 5) is 12.8. The zero-order valence-electron chi connectivity index (χ0n) is 11.7. The van der Waals surface area contributed by atoms with Crippen LogP contribution < -0.4 is 5.32 Å². The molecule has 1 unspecified atom stereocenters. The van der Waals surface area contributed by atoms with Crippen molar-refractivity contribution in [2.45, 2.75) is 13.0 Å². The Bertz CT molecular complexity index is 447. The predicted octanol–water partition coefficient (Wildman–Crippen LogP) is 1.58. The SMILES string of the molecule is CC(NCCN1CCOCC1)c1cccc([N+](=O)[O-])c1. The van der Waals surface area contributed by atoms with E-state index in [1.54, 1.807) is 12.1 Å². The number of nitro benzene ring substituents is 1. The maximum absolute atomic E-state index is 10.8. The summed E-state index contributed by atoms with van der Waals surface area (Å²) in [6.45, 7) is 7.44. The van der Waals surface area contributed by atoms with Crippen molar-refractivity contribution < 1.29 is 9.66 Å². The molecule has 1 heterocycles. The zero-order valence-corrected chi connectivity index (χ0v) is 11.7. The van der Waals surface area contributed by atoms with Crippen molar-refractivity contribution in [3.8, 4) is 0 Å². The van der Waals surface area contributed by atoms with Crippen molar-refractivity contribution in [3.63, 3.8) is 0 Å². The number of ether oxygens (including phenoxy) is 1. The molecule has 1 N–H and O–H groups in total. The van der Waals surface area contributed by atoms with Gasteiger partial charge in [-0.1, -0.05) is 12.1 Å². The van der Waals surface area contributed by atoms with Crippen LogP contribution in [-0.4, -0.2) is 49.2 Å². The first-order valence-electron chi connectivity index (χ1n) is 6.94. The molecular formula is C14H21N3O3. The van der Waals surface area contributed by atoms with Crippen LogP contribution in [0.2, 0.25) is 0 Å². The molecule has 0 radical (unpaired) electrons. The van der Waals surface area contributed by atoms with Crippen LogP contribution in [-0.2, 0) is 4.74 Å². The van der Waals surface area contributed by atoms with Crippen LogP contribution in [0.5, 0.6) is 0 Å². The van der Waals surface area contributed by atoms with Crippen molar-refractivity contribution in [2.75, 3.05) is 39.4 Å². The highest BCUT2D eigenvalue weighted by Crippen LogP contribution is 2.18. The van der Waals surface area contributed by atoms with E-state index in [1.807, 2.05) is 13.0 Å². The van der Waals surface area contributed by atoms with Crippen molar-refractivity contribution in [2.24, 2.45) is 0 Å². The largest absolute Gasteiger partial charge is 0.379 e. The third-order valence-corrected chi connectivity index (χ3v) is 3.56. The molecule has 1 atom stereocenters. The highest BCUT2D eigenvalue weighted by molar-refractivity contribution is 5.35. The Morgan fingerprint density at radius 2 is 2.20 bits per heavy atom. The first kappa shape index (κ1) is 14.9. The van der Waals surface area contributed by atoms with E-state index in [1.165, 1.54) is 6.07 Å². The van der Waals surface area contributed by atoms with E-state index in [2.05, 4.69) is 10.2 Å². The fourth-order valence-corrected chi connectivity index (χ4v) is 2.29. The number of non-ortho nitro benzene ring substituents is 1. The average molecular weight is 279 g/mol. The highest BCUT2D eigenvalue weighted by atomic mass is 16.6. The first-order chi connectivity index (χ1) is 9.66. The number of nitrogens with one attached hydrogen (secondary N) is 1. The highest BCUT2D eigenvalue weighted by Gasteiger charge is 2.12. The number of hydrogen-bond acceptors (Lipinski definition) is 5. The molecular weight excluding hydrogens is 258 g/mol. The summed E-state index contributed by atoms with van der Waals surface area (Å²) in [5.74, 6) is 0. The van der Waals surface area contributed by atoms with Gasteiger partial charge in [0.2, 0.25) is 0 Å². The lowest BCUT2D eigenvalue weighted by Crippen LogP contribution is -2.40. The van der Waals surface area contributed by atoms with Gasteiger partial charge in [-0.2, -0.15) is 0 Å². The number of hydrogen-bond donors (Lipinski definition) is 1. The van der Waals surface area contributed by atoms with E-state index < -0.39 is 0 Å². The van der Waals surface area contributed by atoms with Gasteiger partial charge in [0.1, 0.15) is 0 Å². The Hall–Kier alpha value is -1.50.